The summed E-state index contributed by atoms with van der Waals surface area (Å²) in [5.41, 5.74) is 4.73. The zero-order valence-corrected chi connectivity index (χ0v) is 5.22. The highest BCUT2D eigenvalue weighted by atomic mass is 16.3. The molecule has 0 spiro atoms. The molecule has 2 heteroatoms. The Labute approximate surface area is 49.7 Å². The van der Waals surface area contributed by atoms with Crippen LogP contribution in [0.5, 0.6) is 0 Å². The van der Waals surface area contributed by atoms with Gasteiger partial charge in [0.25, 0.3) is 0 Å². The van der Waals surface area contributed by atoms with Gasteiger partial charge in [0, 0.05) is 6.54 Å². The molecule has 0 aromatic carbocycles. The molecule has 1 fully saturated rings. The van der Waals surface area contributed by atoms with E-state index in [0.29, 0.717) is 12.5 Å². The van der Waals surface area contributed by atoms with Crippen LogP contribution in [-0.2, 0) is 0 Å². The van der Waals surface area contributed by atoms with Gasteiger partial charge in [-0.15, -0.1) is 0 Å². The van der Waals surface area contributed by atoms with Crippen molar-refractivity contribution in [1.29, 1.82) is 0 Å². The van der Waals surface area contributed by atoms with Gasteiger partial charge in [0.2, 0.25) is 0 Å². The van der Waals surface area contributed by atoms with Crippen molar-refractivity contribution in [3.05, 3.63) is 0 Å². The summed E-state index contributed by atoms with van der Waals surface area (Å²) in [5.74, 6) is 0.493. The van der Waals surface area contributed by atoms with Gasteiger partial charge in [-0.05, 0) is 25.7 Å². The van der Waals surface area contributed by atoms with Gasteiger partial charge in [-0.3, -0.25) is 0 Å². The molecule has 0 saturated heterocycles. The topological polar surface area (TPSA) is 46.2 Å². The maximum absolute atomic E-state index is 9.34. The minimum absolute atomic E-state index is 0.400. The molecule has 0 unspecified atom stereocenters. The predicted octanol–water partition coefficient (Wildman–Crippen LogP) is 0.106. The van der Waals surface area contributed by atoms with Crippen LogP contribution in [0.1, 0.15) is 19.8 Å². The molecular weight excluding hydrogens is 102 g/mol. The highest BCUT2D eigenvalue weighted by molar-refractivity contribution is 4.91. The largest absolute Gasteiger partial charge is 0.389 e. The van der Waals surface area contributed by atoms with E-state index in [1.807, 2.05) is 6.92 Å². The molecule has 0 radical (unpaired) electrons. The van der Waals surface area contributed by atoms with E-state index in [-0.39, 0.29) is 0 Å². The Balaban J connectivity index is 2.37. The fourth-order valence-electron chi connectivity index (χ4n) is 0.872. The quantitative estimate of drug-likeness (QED) is 0.536. The fraction of sp³-hybridized carbons (Fsp3) is 1.00. The first-order chi connectivity index (χ1) is 3.67. The second kappa shape index (κ2) is 1.71. The number of nitrogens with two attached hydrogens (primary N) is 1. The molecule has 1 aliphatic carbocycles. The second-order valence-electron chi connectivity index (χ2n) is 2.84. The summed E-state index contributed by atoms with van der Waals surface area (Å²) in [6, 6.07) is 0. The van der Waals surface area contributed by atoms with Crippen molar-refractivity contribution in [1.82, 2.24) is 0 Å². The number of aliphatic hydroxyl groups is 1. The van der Waals surface area contributed by atoms with E-state index in [1.54, 1.807) is 0 Å². The van der Waals surface area contributed by atoms with Gasteiger partial charge in [-0.2, -0.15) is 0 Å². The standard InChI is InChI=1S/C6H13NO/c1-6(8,4-7)5-2-3-5/h5,8H,2-4,7H2,1H3/t6-/m0/s1. The number of rotatable bonds is 2. The molecule has 2 nitrogen and oxygen atoms in total. The maximum atomic E-state index is 9.34. The third kappa shape index (κ3) is 1.01. The number of hydrogen-bond donors (Lipinski definition) is 2. The molecule has 0 amide bonds. The lowest BCUT2D eigenvalue weighted by Crippen LogP contribution is -2.36. The van der Waals surface area contributed by atoms with Gasteiger partial charge in [-0.1, -0.05) is 0 Å². The van der Waals surface area contributed by atoms with Gasteiger partial charge in [0.15, 0.2) is 0 Å². The zero-order chi connectivity index (χ0) is 6.20. The SMILES string of the molecule is C[C@](O)(CN)C1CC1. The third-order valence-corrected chi connectivity index (χ3v) is 1.87. The lowest BCUT2D eigenvalue weighted by molar-refractivity contribution is 0.0460. The highest BCUT2D eigenvalue weighted by Gasteiger charge is 2.38. The van der Waals surface area contributed by atoms with Crippen molar-refractivity contribution in [3.8, 4) is 0 Å². The summed E-state index contributed by atoms with van der Waals surface area (Å²) in [5, 5.41) is 9.34. The molecule has 48 valence electrons. The Kier molecular flexibility index (Phi) is 1.29. The van der Waals surface area contributed by atoms with Crippen molar-refractivity contribution >= 4 is 0 Å². The zero-order valence-electron chi connectivity index (χ0n) is 5.22. The van der Waals surface area contributed by atoms with Crippen molar-refractivity contribution < 1.29 is 5.11 Å². The molecule has 3 N–H and O–H groups in total. The summed E-state index contributed by atoms with van der Waals surface area (Å²) >= 11 is 0. The maximum Gasteiger partial charge on any atom is 0.0769 e. The van der Waals surface area contributed by atoms with Crippen molar-refractivity contribution in [3.63, 3.8) is 0 Å². The summed E-state index contributed by atoms with van der Waals surface area (Å²) in [4.78, 5) is 0. The van der Waals surface area contributed by atoms with Crippen molar-refractivity contribution in [2.75, 3.05) is 6.54 Å². The van der Waals surface area contributed by atoms with Gasteiger partial charge >= 0.3 is 0 Å². The van der Waals surface area contributed by atoms with Crippen LogP contribution in [0.25, 0.3) is 0 Å². The van der Waals surface area contributed by atoms with Gasteiger partial charge in [0.05, 0.1) is 5.60 Å². The lowest BCUT2D eigenvalue weighted by Gasteiger charge is -2.19. The molecule has 1 saturated carbocycles. The minimum atomic E-state index is -0.569. The second-order valence-corrected chi connectivity index (χ2v) is 2.84. The average molecular weight is 115 g/mol. The Morgan fingerprint density at radius 3 is 2.38 bits per heavy atom. The predicted molar refractivity (Wildman–Crippen MR) is 32.4 cm³/mol. The fourth-order valence-corrected chi connectivity index (χ4v) is 0.872. The van der Waals surface area contributed by atoms with Crippen molar-refractivity contribution in [2.24, 2.45) is 11.7 Å². The molecule has 0 bridgehead atoms. The van der Waals surface area contributed by atoms with E-state index in [9.17, 15) is 5.11 Å². The van der Waals surface area contributed by atoms with E-state index in [1.165, 1.54) is 0 Å². The van der Waals surface area contributed by atoms with Crippen LogP contribution in [0, 0.1) is 5.92 Å². The molecule has 0 heterocycles. The van der Waals surface area contributed by atoms with Crippen LogP contribution in [-0.4, -0.2) is 17.3 Å². The van der Waals surface area contributed by atoms with Gasteiger partial charge in [-0.25, -0.2) is 0 Å². The Hall–Kier alpha value is -0.0800. The van der Waals surface area contributed by atoms with Crippen molar-refractivity contribution in [2.45, 2.75) is 25.4 Å². The monoisotopic (exact) mass is 115 g/mol. The molecule has 1 atom stereocenters. The van der Waals surface area contributed by atoms with E-state index in [4.69, 9.17) is 5.73 Å². The molecule has 0 aromatic heterocycles. The normalized spacial score (nSPS) is 27.4. The molecule has 8 heavy (non-hydrogen) atoms. The van der Waals surface area contributed by atoms with Crippen LogP contribution < -0.4 is 5.73 Å². The first-order valence-corrected chi connectivity index (χ1v) is 3.09. The first-order valence-electron chi connectivity index (χ1n) is 3.09. The smallest absolute Gasteiger partial charge is 0.0769 e. The molecule has 1 aliphatic rings. The Morgan fingerprint density at radius 2 is 2.25 bits per heavy atom. The Bertz CT molecular complexity index is 86.5. The molecule has 0 aromatic rings. The molecule has 1 rings (SSSR count). The van der Waals surface area contributed by atoms with Gasteiger partial charge in [0.1, 0.15) is 0 Å². The van der Waals surface area contributed by atoms with Crippen LogP contribution in [0.3, 0.4) is 0 Å². The van der Waals surface area contributed by atoms with E-state index >= 15 is 0 Å². The highest BCUT2D eigenvalue weighted by Crippen LogP contribution is 2.38. The van der Waals surface area contributed by atoms with Gasteiger partial charge < -0.3 is 10.8 Å². The third-order valence-electron chi connectivity index (χ3n) is 1.87. The average Bonchev–Trinajstić information content (AvgIpc) is 2.44. The molecular formula is C6H13NO. The number of hydrogen-bond acceptors (Lipinski definition) is 2. The van der Waals surface area contributed by atoms with Crippen LogP contribution in [0.15, 0.2) is 0 Å². The van der Waals surface area contributed by atoms with E-state index in [2.05, 4.69) is 0 Å². The summed E-state index contributed by atoms with van der Waals surface area (Å²) in [6.07, 6.45) is 2.31. The van der Waals surface area contributed by atoms with Crippen LogP contribution in [0.4, 0.5) is 0 Å². The van der Waals surface area contributed by atoms with E-state index < -0.39 is 5.60 Å². The summed E-state index contributed by atoms with van der Waals surface area (Å²) < 4.78 is 0. The first kappa shape index (κ1) is 6.05. The molecule has 0 aliphatic heterocycles. The summed E-state index contributed by atoms with van der Waals surface area (Å²) in [7, 11) is 0. The van der Waals surface area contributed by atoms with E-state index in [0.717, 1.165) is 12.8 Å². The Morgan fingerprint density at radius 1 is 1.75 bits per heavy atom. The summed E-state index contributed by atoms with van der Waals surface area (Å²) in [6.45, 7) is 2.21. The van der Waals surface area contributed by atoms with Crippen LogP contribution in [0.2, 0.25) is 0 Å². The lowest BCUT2D eigenvalue weighted by atomic mass is 10.0. The minimum Gasteiger partial charge on any atom is -0.389 e. The van der Waals surface area contributed by atoms with Crippen LogP contribution >= 0.6 is 0 Å².